The van der Waals surface area contributed by atoms with Gasteiger partial charge >= 0.3 is 0 Å². The van der Waals surface area contributed by atoms with Gasteiger partial charge in [0.1, 0.15) is 0 Å². The van der Waals surface area contributed by atoms with E-state index in [1.807, 2.05) is 36.4 Å². The normalized spacial score (nSPS) is 10.6. The summed E-state index contributed by atoms with van der Waals surface area (Å²) in [6, 6.07) is 23.9. The molecule has 0 radical (unpaired) electrons. The molecular formula is C25H24ClN3O4. The Hall–Kier alpha value is -3.71. The lowest BCUT2D eigenvalue weighted by molar-refractivity contribution is -0.384. The number of nitro groups is 1. The summed E-state index contributed by atoms with van der Waals surface area (Å²) in [5.74, 6) is -0.502. The lowest BCUT2D eigenvalue weighted by atomic mass is 9.88. The molecule has 0 unspecified atom stereocenters. The molecule has 3 aromatic rings. The summed E-state index contributed by atoms with van der Waals surface area (Å²) in [6.07, 6.45) is 0.849. The molecule has 0 aliphatic heterocycles. The van der Waals surface area contributed by atoms with E-state index in [2.05, 4.69) is 34.9 Å². The van der Waals surface area contributed by atoms with E-state index in [1.54, 1.807) is 0 Å². The Morgan fingerprint density at radius 3 is 2.03 bits per heavy atom. The van der Waals surface area contributed by atoms with E-state index in [-0.39, 0.29) is 41.1 Å². The summed E-state index contributed by atoms with van der Waals surface area (Å²) < 4.78 is 0. The number of nitrogens with one attached hydrogen (secondary N) is 2. The summed E-state index contributed by atoms with van der Waals surface area (Å²) in [4.78, 5) is 34.7. The van der Waals surface area contributed by atoms with Gasteiger partial charge in [-0.15, -0.1) is 0 Å². The predicted molar refractivity (Wildman–Crippen MR) is 127 cm³/mol. The molecule has 0 aromatic heterocycles. The lowest BCUT2D eigenvalue weighted by Crippen LogP contribution is -2.31. The highest BCUT2D eigenvalue weighted by molar-refractivity contribution is 6.34. The predicted octanol–water partition coefficient (Wildman–Crippen LogP) is 4.71. The van der Waals surface area contributed by atoms with Crippen molar-refractivity contribution in [2.24, 2.45) is 0 Å². The summed E-state index contributed by atoms with van der Waals surface area (Å²) in [5, 5.41) is 16.3. The van der Waals surface area contributed by atoms with Crippen LogP contribution in [0.4, 0.5) is 5.69 Å². The second-order valence-corrected chi connectivity index (χ2v) is 7.85. The minimum Gasteiger partial charge on any atom is -0.356 e. The van der Waals surface area contributed by atoms with Gasteiger partial charge in [-0.3, -0.25) is 19.7 Å². The first kappa shape index (κ1) is 23.9. The molecule has 0 fully saturated rings. The van der Waals surface area contributed by atoms with Crippen LogP contribution < -0.4 is 10.6 Å². The third-order valence-electron chi connectivity index (χ3n) is 5.20. The van der Waals surface area contributed by atoms with Crippen LogP contribution in [0.25, 0.3) is 0 Å². The SMILES string of the molecule is O=C(CCNC(=O)c1ccc([N+](=O)[O-])cc1Cl)NCCC(c1ccccc1)c1ccccc1. The second kappa shape index (κ2) is 11.8. The fourth-order valence-electron chi connectivity index (χ4n) is 3.53. The van der Waals surface area contributed by atoms with Gasteiger partial charge in [-0.05, 0) is 23.6 Å². The number of nitro benzene ring substituents is 1. The standard InChI is InChI=1S/C25H24ClN3O4/c26-23-17-20(29(32)33)11-12-22(23)25(31)28-16-14-24(30)27-15-13-21(18-7-3-1-4-8-18)19-9-5-2-6-10-19/h1-12,17,21H,13-16H2,(H,27,30)(H,28,31). The molecule has 8 heteroatoms. The molecule has 0 saturated carbocycles. The van der Waals surface area contributed by atoms with E-state index in [0.29, 0.717) is 6.54 Å². The maximum absolute atomic E-state index is 12.2. The number of halogens is 1. The van der Waals surface area contributed by atoms with E-state index in [1.165, 1.54) is 23.3 Å². The minimum atomic E-state index is -0.585. The number of carbonyl (C=O) groups is 2. The molecule has 3 aromatic carbocycles. The molecule has 0 bridgehead atoms. The maximum Gasteiger partial charge on any atom is 0.270 e. The van der Waals surface area contributed by atoms with Crippen LogP contribution in [-0.2, 0) is 4.79 Å². The summed E-state index contributed by atoms with van der Waals surface area (Å²) >= 11 is 5.96. The molecule has 7 nitrogen and oxygen atoms in total. The zero-order chi connectivity index (χ0) is 23.6. The first-order valence-electron chi connectivity index (χ1n) is 10.5. The monoisotopic (exact) mass is 465 g/mol. The van der Waals surface area contributed by atoms with Gasteiger partial charge in [-0.1, -0.05) is 72.3 Å². The minimum absolute atomic E-state index is 0.0148. The smallest absolute Gasteiger partial charge is 0.270 e. The Labute approximate surface area is 196 Å². The fourth-order valence-corrected chi connectivity index (χ4v) is 3.79. The molecular weight excluding hydrogens is 442 g/mol. The molecule has 0 spiro atoms. The Kier molecular flexibility index (Phi) is 8.55. The van der Waals surface area contributed by atoms with Crippen molar-refractivity contribution in [2.45, 2.75) is 18.8 Å². The first-order valence-corrected chi connectivity index (χ1v) is 10.9. The number of hydrogen-bond donors (Lipinski definition) is 2. The van der Waals surface area contributed by atoms with Gasteiger partial charge in [0, 0.05) is 37.6 Å². The summed E-state index contributed by atoms with van der Waals surface area (Å²) in [6.45, 7) is 0.619. The van der Waals surface area contributed by atoms with Crippen molar-refractivity contribution >= 4 is 29.1 Å². The topological polar surface area (TPSA) is 101 Å². The van der Waals surface area contributed by atoms with Crippen molar-refractivity contribution in [1.29, 1.82) is 0 Å². The highest BCUT2D eigenvalue weighted by atomic mass is 35.5. The van der Waals surface area contributed by atoms with Gasteiger partial charge in [-0.25, -0.2) is 0 Å². The molecule has 33 heavy (non-hydrogen) atoms. The number of nitrogens with zero attached hydrogens (tertiary/aromatic N) is 1. The molecule has 0 heterocycles. The third-order valence-corrected chi connectivity index (χ3v) is 5.52. The van der Waals surface area contributed by atoms with Crippen LogP contribution in [0.2, 0.25) is 5.02 Å². The summed E-state index contributed by atoms with van der Waals surface area (Å²) in [5.41, 5.74) is 2.30. The van der Waals surface area contributed by atoms with Gasteiger partial charge in [0.2, 0.25) is 5.91 Å². The maximum atomic E-state index is 12.2. The molecule has 3 rings (SSSR count). The van der Waals surface area contributed by atoms with Crippen LogP contribution in [0, 0.1) is 10.1 Å². The molecule has 170 valence electrons. The van der Waals surface area contributed by atoms with Crippen molar-refractivity contribution in [3.8, 4) is 0 Å². The number of amides is 2. The number of hydrogen-bond acceptors (Lipinski definition) is 4. The molecule has 0 aliphatic carbocycles. The Balaban J connectivity index is 1.47. The van der Waals surface area contributed by atoms with Gasteiger partial charge in [0.25, 0.3) is 11.6 Å². The molecule has 2 N–H and O–H groups in total. The molecule has 2 amide bonds. The van der Waals surface area contributed by atoms with E-state index in [0.717, 1.165) is 12.5 Å². The van der Waals surface area contributed by atoms with Crippen molar-refractivity contribution in [2.75, 3.05) is 13.1 Å². The highest BCUT2D eigenvalue weighted by Crippen LogP contribution is 2.27. The van der Waals surface area contributed by atoms with Crippen molar-refractivity contribution in [1.82, 2.24) is 10.6 Å². The average molecular weight is 466 g/mol. The van der Waals surface area contributed by atoms with Crippen LogP contribution in [0.5, 0.6) is 0 Å². The Morgan fingerprint density at radius 1 is 0.879 bits per heavy atom. The number of non-ortho nitro benzene ring substituents is 1. The van der Waals surface area contributed by atoms with Gasteiger partial charge in [-0.2, -0.15) is 0 Å². The van der Waals surface area contributed by atoms with Crippen LogP contribution in [-0.4, -0.2) is 29.8 Å². The van der Waals surface area contributed by atoms with Crippen LogP contribution >= 0.6 is 11.6 Å². The van der Waals surface area contributed by atoms with Crippen LogP contribution in [0.15, 0.2) is 78.9 Å². The quantitative estimate of drug-likeness (QED) is 0.334. The molecule has 0 atom stereocenters. The number of carbonyl (C=O) groups excluding carboxylic acids is 2. The fraction of sp³-hybridized carbons (Fsp3) is 0.200. The van der Waals surface area contributed by atoms with E-state index < -0.39 is 10.8 Å². The number of rotatable bonds is 10. The number of benzene rings is 3. The van der Waals surface area contributed by atoms with Gasteiger partial charge in [0.05, 0.1) is 15.5 Å². The Morgan fingerprint density at radius 2 is 1.48 bits per heavy atom. The zero-order valence-corrected chi connectivity index (χ0v) is 18.6. The zero-order valence-electron chi connectivity index (χ0n) is 17.9. The second-order valence-electron chi connectivity index (χ2n) is 7.44. The van der Waals surface area contributed by atoms with Gasteiger partial charge < -0.3 is 10.6 Å². The largest absolute Gasteiger partial charge is 0.356 e. The lowest BCUT2D eigenvalue weighted by Gasteiger charge is -2.18. The van der Waals surface area contributed by atoms with Crippen LogP contribution in [0.1, 0.15) is 40.2 Å². The van der Waals surface area contributed by atoms with E-state index in [9.17, 15) is 19.7 Å². The molecule has 0 aliphatic rings. The van der Waals surface area contributed by atoms with Crippen LogP contribution in [0.3, 0.4) is 0 Å². The highest BCUT2D eigenvalue weighted by Gasteiger charge is 2.16. The third kappa shape index (κ3) is 6.89. The summed E-state index contributed by atoms with van der Waals surface area (Å²) in [7, 11) is 0. The van der Waals surface area contributed by atoms with Gasteiger partial charge in [0.15, 0.2) is 0 Å². The Bertz CT molecular complexity index is 1070. The molecule has 0 saturated heterocycles. The van der Waals surface area contributed by atoms with E-state index in [4.69, 9.17) is 11.6 Å². The van der Waals surface area contributed by atoms with E-state index >= 15 is 0 Å². The van der Waals surface area contributed by atoms with Crippen molar-refractivity contribution in [3.63, 3.8) is 0 Å². The van der Waals surface area contributed by atoms with Crippen molar-refractivity contribution in [3.05, 3.63) is 111 Å². The van der Waals surface area contributed by atoms with Crippen molar-refractivity contribution < 1.29 is 14.5 Å². The average Bonchev–Trinajstić information content (AvgIpc) is 2.82. The first-order chi connectivity index (χ1) is 16.0.